The molecule has 0 bridgehead atoms. The summed E-state index contributed by atoms with van der Waals surface area (Å²) in [5.41, 5.74) is 5.68. The van der Waals surface area contributed by atoms with Crippen molar-refractivity contribution in [1.29, 1.82) is 0 Å². The van der Waals surface area contributed by atoms with Gasteiger partial charge in [-0.1, -0.05) is 0 Å². The summed E-state index contributed by atoms with van der Waals surface area (Å²) in [7, 11) is 0. The van der Waals surface area contributed by atoms with Gasteiger partial charge < -0.3 is 5.73 Å². The topological polar surface area (TPSA) is 51.8 Å². The molecule has 0 aliphatic carbocycles. The highest BCUT2D eigenvalue weighted by Gasteiger charge is 1.92. The van der Waals surface area contributed by atoms with E-state index in [1.807, 2.05) is 0 Å². The number of hydrogen-bond donors (Lipinski definition) is 1. The number of hydrogen-bond acceptors (Lipinski definition) is 3. The van der Waals surface area contributed by atoms with Crippen molar-refractivity contribution >= 4 is 0 Å². The van der Waals surface area contributed by atoms with Crippen LogP contribution in [0.2, 0.25) is 0 Å². The van der Waals surface area contributed by atoms with E-state index in [1.165, 1.54) is 6.07 Å². The van der Waals surface area contributed by atoms with Crippen LogP contribution in [0.1, 0.15) is 5.69 Å². The Kier molecular flexibility index (Phi) is 1.69. The van der Waals surface area contributed by atoms with Crippen LogP contribution in [0.4, 0.5) is 4.39 Å². The lowest BCUT2D eigenvalue weighted by molar-refractivity contribution is 0.575. The van der Waals surface area contributed by atoms with Gasteiger partial charge in [0.05, 0.1) is 5.69 Å². The Bertz CT molecular complexity index is 201. The highest BCUT2D eigenvalue weighted by atomic mass is 19.1. The van der Waals surface area contributed by atoms with Gasteiger partial charge in [0.1, 0.15) is 6.33 Å². The van der Waals surface area contributed by atoms with Crippen LogP contribution in [-0.4, -0.2) is 9.97 Å². The van der Waals surface area contributed by atoms with Crippen LogP contribution in [-0.2, 0) is 6.54 Å². The predicted octanol–water partition coefficient (Wildman–Crippen LogP) is 0.0744. The normalized spacial score (nSPS) is 9.56. The predicted molar refractivity (Wildman–Crippen MR) is 29.9 cm³/mol. The first-order chi connectivity index (χ1) is 4.33. The molecule has 0 fully saturated rings. The van der Waals surface area contributed by atoms with E-state index in [0.717, 1.165) is 6.33 Å². The summed E-state index contributed by atoms with van der Waals surface area (Å²) in [4.78, 5) is 6.94. The van der Waals surface area contributed by atoms with E-state index in [1.54, 1.807) is 0 Å². The third-order valence-electron chi connectivity index (χ3n) is 0.899. The standard InChI is InChI=1S/C5H6FN3/c6-5-1-4(2-7)8-3-9-5/h1,3H,2,7H2. The van der Waals surface area contributed by atoms with Crippen LogP contribution in [0.3, 0.4) is 0 Å². The second-order valence-corrected chi connectivity index (χ2v) is 1.54. The summed E-state index contributed by atoms with van der Waals surface area (Å²) < 4.78 is 12.1. The molecule has 0 atom stereocenters. The molecule has 3 nitrogen and oxygen atoms in total. The third kappa shape index (κ3) is 1.43. The maximum Gasteiger partial charge on any atom is 0.216 e. The van der Waals surface area contributed by atoms with Crippen LogP contribution in [0.15, 0.2) is 12.4 Å². The molecule has 0 spiro atoms. The van der Waals surface area contributed by atoms with Gasteiger partial charge in [-0.25, -0.2) is 9.97 Å². The molecule has 48 valence electrons. The fourth-order valence-electron chi connectivity index (χ4n) is 0.482. The van der Waals surface area contributed by atoms with Gasteiger partial charge in [0.15, 0.2) is 0 Å². The molecule has 0 aromatic carbocycles. The maximum absolute atomic E-state index is 12.1. The number of nitrogens with two attached hydrogens (primary N) is 1. The Balaban J connectivity index is 2.94. The van der Waals surface area contributed by atoms with Gasteiger partial charge in [-0.3, -0.25) is 0 Å². The first-order valence-electron chi connectivity index (χ1n) is 2.49. The first-order valence-corrected chi connectivity index (χ1v) is 2.49. The van der Waals surface area contributed by atoms with Crippen LogP contribution >= 0.6 is 0 Å². The van der Waals surface area contributed by atoms with Crippen LogP contribution in [0, 0.1) is 5.95 Å². The van der Waals surface area contributed by atoms with Gasteiger partial charge in [-0.2, -0.15) is 4.39 Å². The summed E-state index contributed by atoms with van der Waals surface area (Å²) in [5.74, 6) is -0.537. The second kappa shape index (κ2) is 2.50. The Hall–Kier alpha value is -1.03. The minimum absolute atomic E-state index is 0.249. The van der Waals surface area contributed by atoms with Crippen molar-refractivity contribution in [2.75, 3.05) is 0 Å². The fourth-order valence-corrected chi connectivity index (χ4v) is 0.482. The Morgan fingerprint density at radius 3 is 2.78 bits per heavy atom. The number of rotatable bonds is 1. The lowest BCUT2D eigenvalue weighted by Crippen LogP contribution is -2.00. The van der Waals surface area contributed by atoms with Gasteiger partial charge in [0.2, 0.25) is 5.95 Å². The molecule has 0 saturated heterocycles. The summed E-state index contributed by atoms with van der Waals surface area (Å²) in [6, 6.07) is 1.21. The highest BCUT2D eigenvalue weighted by molar-refractivity contribution is 4.97. The first kappa shape index (κ1) is 6.10. The van der Waals surface area contributed by atoms with Crippen LogP contribution in [0.25, 0.3) is 0 Å². The van der Waals surface area contributed by atoms with E-state index in [4.69, 9.17) is 5.73 Å². The van der Waals surface area contributed by atoms with Crippen molar-refractivity contribution in [2.45, 2.75) is 6.54 Å². The maximum atomic E-state index is 12.1. The Morgan fingerprint density at radius 1 is 1.56 bits per heavy atom. The summed E-state index contributed by atoms with van der Waals surface area (Å²) in [5, 5.41) is 0. The van der Waals surface area contributed by atoms with Crippen molar-refractivity contribution in [3.8, 4) is 0 Å². The molecule has 2 N–H and O–H groups in total. The molecule has 9 heavy (non-hydrogen) atoms. The smallest absolute Gasteiger partial charge is 0.216 e. The zero-order valence-electron chi connectivity index (χ0n) is 4.71. The third-order valence-corrected chi connectivity index (χ3v) is 0.899. The number of aromatic nitrogens is 2. The van der Waals surface area contributed by atoms with E-state index < -0.39 is 5.95 Å². The molecule has 1 rings (SSSR count). The molecule has 0 aliphatic heterocycles. The van der Waals surface area contributed by atoms with Crippen LogP contribution < -0.4 is 5.73 Å². The Labute approximate surface area is 51.7 Å². The highest BCUT2D eigenvalue weighted by Crippen LogP contribution is 1.92. The summed E-state index contributed by atoms with van der Waals surface area (Å²) in [6.45, 7) is 0.249. The molecule has 0 radical (unpaired) electrons. The molecule has 0 aliphatic rings. The van der Waals surface area contributed by atoms with Crippen molar-refractivity contribution in [1.82, 2.24) is 9.97 Å². The lowest BCUT2D eigenvalue weighted by atomic mass is 10.4. The SMILES string of the molecule is NCc1cc(F)ncn1. The van der Waals surface area contributed by atoms with Gasteiger partial charge in [0, 0.05) is 12.6 Å². The second-order valence-electron chi connectivity index (χ2n) is 1.54. The summed E-state index contributed by atoms with van der Waals surface area (Å²) in [6.07, 6.45) is 1.15. The van der Waals surface area contributed by atoms with Gasteiger partial charge in [-0.15, -0.1) is 0 Å². The van der Waals surface area contributed by atoms with Crippen molar-refractivity contribution < 1.29 is 4.39 Å². The summed E-state index contributed by atoms with van der Waals surface area (Å²) >= 11 is 0. The number of halogens is 1. The Morgan fingerprint density at radius 2 is 2.33 bits per heavy atom. The minimum atomic E-state index is -0.537. The van der Waals surface area contributed by atoms with E-state index in [2.05, 4.69) is 9.97 Å². The van der Waals surface area contributed by atoms with Crippen molar-refractivity contribution in [3.63, 3.8) is 0 Å². The van der Waals surface area contributed by atoms with Crippen LogP contribution in [0.5, 0.6) is 0 Å². The molecule has 0 amide bonds. The van der Waals surface area contributed by atoms with Gasteiger partial charge in [-0.05, 0) is 0 Å². The average molecular weight is 127 g/mol. The average Bonchev–Trinajstić information content (AvgIpc) is 1.88. The van der Waals surface area contributed by atoms with Crippen molar-refractivity contribution in [3.05, 3.63) is 24.0 Å². The molecule has 0 saturated carbocycles. The molecule has 1 aromatic heterocycles. The molecule has 4 heteroatoms. The van der Waals surface area contributed by atoms with E-state index >= 15 is 0 Å². The molecule has 1 heterocycles. The van der Waals surface area contributed by atoms with Crippen molar-refractivity contribution in [2.24, 2.45) is 5.73 Å². The molecule has 1 aromatic rings. The number of nitrogens with zero attached hydrogens (tertiary/aromatic N) is 2. The molecular weight excluding hydrogens is 121 g/mol. The van der Waals surface area contributed by atoms with Gasteiger partial charge in [0.25, 0.3) is 0 Å². The van der Waals surface area contributed by atoms with Gasteiger partial charge >= 0.3 is 0 Å². The van der Waals surface area contributed by atoms with E-state index in [-0.39, 0.29) is 6.54 Å². The zero-order valence-corrected chi connectivity index (χ0v) is 4.71. The largest absolute Gasteiger partial charge is 0.325 e. The molecule has 0 unspecified atom stereocenters. The fraction of sp³-hybridized carbons (Fsp3) is 0.200. The van der Waals surface area contributed by atoms with E-state index in [9.17, 15) is 4.39 Å². The minimum Gasteiger partial charge on any atom is -0.325 e. The zero-order chi connectivity index (χ0) is 6.69. The lowest BCUT2D eigenvalue weighted by Gasteiger charge is -1.91. The van der Waals surface area contributed by atoms with E-state index in [0.29, 0.717) is 5.69 Å². The molecular formula is C5H6FN3. The monoisotopic (exact) mass is 127 g/mol. The quantitative estimate of drug-likeness (QED) is 0.543.